The predicted octanol–water partition coefficient (Wildman–Crippen LogP) is 6.32. The number of benzene rings is 2. The number of aryl methyl sites for hydroxylation is 2. The molecule has 1 amide bonds. The van der Waals surface area contributed by atoms with Crippen LogP contribution in [0.25, 0.3) is 11.3 Å². The number of amides is 1. The van der Waals surface area contributed by atoms with Crippen LogP contribution in [0.5, 0.6) is 5.88 Å². The van der Waals surface area contributed by atoms with Crippen LogP contribution >= 0.6 is 0 Å². The molecule has 2 saturated carbocycles. The molecular formula is C36H44N4O6S. The molecule has 11 heteroatoms. The third-order valence-electron chi connectivity index (χ3n) is 9.96. The second kappa shape index (κ2) is 12.2. The molecule has 1 N–H and O–H groups in total. The highest BCUT2D eigenvalue weighted by molar-refractivity contribution is 7.92. The lowest BCUT2D eigenvalue weighted by Gasteiger charge is -2.60. The maximum Gasteiger partial charge on any atom is 0.308 e. The van der Waals surface area contributed by atoms with Gasteiger partial charge in [0.25, 0.3) is 15.9 Å². The number of anilines is 1. The van der Waals surface area contributed by atoms with Crippen molar-refractivity contribution in [2.24, 2.45) is 16.7 Å². The third-order valence-corrected chi connectivity index (χ3v) is 11.3. The Morgan fingerprint density at radius 2 is 1.72 bits per heavy atom. The van der Waals surface area contributed by atoms with Gasteiger partial charge in [-0.1, -0.05) is 45.0 Å². The predicted molar refractivity (Wildman–Crippen MR) is 179 cm³/mol. The molecule has 6 rings (SSSR count). The quantitative estimate of drug-likeness (QED) is 0.315. The molecule has 2 aliphatic carbocycles. The van der Waals surface area contributed by atoms with E-state index in [2.05, 4.69) is 35.5 Å². The van der Waals surface area contributed by atoms with Gasteiger partial charge < -0.3 is 14.4 Å². The molecule has 2 fully saturated rings. The number of nitrogens with one attached hydrogen (secondary N) is 1. The number of methoxy groups -OCH3 is 1. The van der Waals surface area contributed by atoms with E-state index in [4.69, 9.17) is 9.47 Å². The minimum Gasteiger partial charge on any atom is -0.475 e. The van der Waals surface area contributed by atoms with Crippen LogP contribution in [0.2, 0.25) is 0 Å². The number of hydrogen-bond acceptors (Lipinski definition) is 8. The van der Waals surface area contributed by atoms with Gasteiger partial charge in [0, 0.05) is 23.2 Å². The zero-order chi connectivity index (χ0) is 33.7. The van der Waals surface area contributed by atoms with Crippen LogP contribution in [0.4, 0.5) is 5.95 Å². The maximum atomic E-state index is 14.5. The monoisotopic (exact) mass is 660 g/mol. The molecule has 3 aliphatic rings. The summed E-state index contributed by atoms with van der Waals surface area (Å²) in [6, 6.07) is 13.4. The first-order valence-corrected chi connectivity index (χ1v) is 17.8. The van der Waals surface area contributed by atoms with E-state index in [1.165, 1.54) is 19.2 Å². The van der Waals surface area contributed by atoms with E-state index >= 15 is 0 Å². The van der Waals surface area contributed by atoms with Gasteiger partial charge in [-0.05, 0) is 92.5 Å². The number of esters is 1. The Morgan fingerprint density at radius 3 is 2.38 bits per heavy atom. The fourth-order valence-corrected chi connectivity index (χ4v) is 8.51. The molecule has 1 spiro atoms. The minimum absolute atomic E-state index is 0.00790. The maximum absolute atomic E-state index is 14.5. The van der Waals surface area contributed by atoms with Crippen molar-refractivity contribution in [3.05, 3.63) is 65.2 Å². The van der Waals surface area contributed by atoms with E-state index in [9.17, 15) is 18.0 Å². The lowest BCUT2D eigenvalue weighted by Crippen LogP contribution is -2.61. The topological polar surface area (TPSA) is 128 Å². The van der Waals surface area contributed by atoms with Gasteiger partial charge in [-0.3, -0.25) is 9.59 Å². The number of hydrogen-bond donors (Lipinski definition) is 1. The molecule has 250 valence electrons. The summed E-state index contributed by atoms with van der Waals surface area (Å²) in [5, 5.41) is 0. The molecule has 1 aliphatic heterocycles. The average molecular weight is 661 g/mol. The zero-order valence-corrected chi connectivity index (χ0v) is 28.8. The van der Waals surface area contributed by atoms with Crippen LogP contribution in [0.1, 0.15) is 80.8 Å². The lowest BCUT2D eigenvalue weighted by atomic mass is 9.49. The van der Waals surface area contributed by atoms with Gasteiger partial charge in [-0.25, -0.2) is 18.1 Å². The van der Waals surface area contributed by atoms with Gasteiger partial charge in [-0.2, -0.15) is 4.98 Å². The van der Waals surface area contributed by atoms with E-state index in [1.807, 2.05) is 36.9 Å². The van der Waals surface area contributed by atoms with Crippen LogP contribution < -0.4 is 9.46 Å². The second-order valence-corrected chi connectivity index (χ2v) is 16.5. The molecular weight excluding hydrogens is 616 g/mol. The first-order valence-electron chi connectivity index (χ1n) is 16.3. The Kier molecular flexibility index (Phi) is 8.57. The molecule has 4 bridgehead atoms. The molecule has 0 saturated heterocycles. The number of sulfonamides is 1. The minimum atomic E-state index is -4.15. The van der Waals surface area contributed by atoms with Crippen molar-refractivity contribution < 1.29 is 27.5 Å². The Hall–Kier alpha value is -3.99. The van der Waals surface area contributed by atoms with Gasteiger partial charge >= 0.3 is 5.97 Å². The lowest BCUT2D eigenvalue weighted by molar-refractivity contribution is -0.163. The van der Waals surface area contributed by atoms with Gasteiger partial charge in [0.2, 0.25) is 11.8 Å². The van der Waals surface area contributed by atoms with Crippen LogP contribution in [-0.2, 0) is 19.6 Å². The molecule has 0 unspecified atom stereocenters. The third kappa shape index (κ3) is 6.72. The van der Waals surface area contributed by atoms with Gasteiger partial charge in [0.1, 0.15) is 6.61 Å². The summed E-state index contributed by atoms with van der Waals surface area (Å²) >= 11 is 0. The Balaban J connectivity index is 1.42. The standard InChI is InChI=1S/C36H44N4O6S/c1-22-9-7-10-23(2)31(22)29-16-30-38-34(37-29)39-47(43,44)28-12-8-11-24(15-28)32(41)40(26(21-46-30)13-14-35(3,4)5)27-19-36(20-27)17-25(18-36)33(42)45-6/h7-12,15-16,25-27H,13-14,17-21H2,1-6H3,(H,37,38,39)/t25?,26-,27?,36?/m1/s1. The number of nitrogens with zero attached hydrogens (tertiary/aromatic N) is 3. The summed E-state index contributed by atoms with van der Waals surface area (Å²) in [5.74, 6) is -0.393. The van der Waals surface area contributed by atoms with E-state index in [-0.39, 0.29) is 64.0 Å². The first-order chi connectivity index (χ1) is 22.2. The van der Waals surface area contributed by atoms with E-state index in [1.54, 1.807) is 18.2 Å². The van der Waals surface area contributed by atoms with Gasteiger partial charge in [0.05, 0.1) is 29.7 Å². The highest BCUT2D eigenvalue weighted by Gasteiger charge is 2.57. The Morgan fingerprint density at radius 1 is 1.04 bits per heavy atom. The van der Waals surface area contributed by atoms with Gasteiger partial charge in [-0.15, -0.1) is 0 Å². The van der Waals surface area contributed by atoms with E-state index in [0.717, 1.165) is 48.8 Å². The molecule has 0 radical (unpaired) electrons. The number of carbonyl (C=O) groups excluding carboxylic acids is 2. The second-order valence-electron chi connectivity index (χ2n) is 14.8. The summed E-state index contributed by atoms with van der Waals surface area (Å²) < 4.78 is 41.3. The Labute approximate surface area is 277 Å². The molecule has 3 aromatic rings. The molecule has 1 aromatic heterocycles. The van der Waals surface area contributed by atoms with Crippen LogP contribution in [-0.4, -0.2) is 61.0 Å². The fourth-order valence-electron chi connectivity index (χ4n) is 7.52. The van der Waals surface area contributed by atoms with Crippen molar-refractivity contribution >= 4 is 27.8 Å². The highest BCUT2D eigenvalue weighted by atomic mass is 32.2. The zero-order valence-electron chi connectivity index (χ0n) is 28.0. The number of ether oxygens (including phenoxy) is 2. The largest absolute Gasteiger partial charge is 0.475 e. The molecule has 47 heavy (non-hydrogen) atoms. The summed E-state index contributed by atoms with van der Waals surface area (Å²) in [5.41, 5.74) is 3.69. The molecule has 2 aromatic carbocycles. The van der Waals surface area contributed by atoms with Gasteiger partial charge in [0.15, 0.2) is 0 Å². The van der Waals surface area contributed by atoms with Crippen molar-refractivity contribution in [1.29, 1.82) is 0 Å². The Bertz CT molecular complexity index is 1780. The highest BCUT2D eigenvalue weighted by Crippen LogP contribution is 2.60. The number of aromatic nitrogens is 2. The van der Waals surface area contributed by atoms with E-state index in [0.29, 0.717) is 17.7 Å². The van der Waals surface area contributed by atoms with Crippen molar-refractivity contribution in [2.45, 2.75) is 90.1 Å². The molecule has 2 heterocycles. The number of fused-ring (bicyclic) bond motifs is 4. The van der Waals surface area contributed by atoms with Crippen LogP contribution in [0.3, 0.4) is 0 Å². The smallest absolute Gasteiger partial charge is 0.308 e. The van der Waals surface area contributed by atoms with E-state index < -0.39 is 10.0 Å². The van der Waals surface area contributed by atoms with Crippen molar-refractivity contribution in [1.82, 2.24) is 14.9 Å². The summed E-state index contributed by atoms with van der Waals surface area (Å²) in [6.45, 7) is 10.7. The number of carbonyl (C=O) groups is 2. The molecule has 10 nitrogen and oxygen atoms in total. The SMILES string of the molecule is COC(=O)C1CC2(C1)CC(N1C(=O)c3cccc(c3)S(=O)(=O)Nc3nc(cc(-c4c(C)cccc4C)n3)OC[C@H]1CCC(C)(C)C)C2. The fraction of sp³-hybridized carbons (Fsp3) is 0.500. The number of rotatable bonds is 5. The summed E-state index contributed by atoms with van der Waals surface area (Å²) in [4.78, 5) is 37.6. The van der Waals surface area contributed by atoms with Crippen molar-refractivity contribution in [2.75, 3.05) is 18.4 Å². The van der Waals surface area contributed by atoms with Crippen molar-refractivity contribution in [3.8, 4) is 17.1 Å². The molecule has 1 atom stereocenters. The van der Waals surface area contributed by atoms with Crippen molar-refractivity contribution in [3.63, 3.8) is 0 Å². The van der Waals surface area contributed by atoms with Crippen LogP contribution in [0.15, 0.2) is 53.4 Å². The summed E-state index contributed by atoms with van der Waals surface area (Å²) in [7, 11) is -2.73. The summed E-state index contributed by atoms with van der Waals surface area (Å²) in [6.07, 6.45) is 4.57. The average Bonchev–Trinajstić information content (AvgIpc) is 2.96. The van der Waals surface area contributed by atoms with Crippen LogP contribution in [0, 0.1) is 30.6 Å². The first kappa shape index (κ1) is 32.9. The normalized spacial score (nSPS) is 25.2.